The molecule has 0 saturated heterocycles. The summed E-state index contributed by atoms with van der Waals surface area (Å²) in [5, 5.41) is 0.681. The van der Waals surface area contributed by atoms with E-state index >= 15 is 0 Å². The van der Waals surface area contributed by atoms with Crippen LogP contribution in [0.1, 0.15) is 56.5 Å². The molecular weight excluding hydrogens is 384 g/mol. The number of benzene rings is 1. The second-order valence-corrected chi connectivity index (χ2v) is 9.88. The number of carbonyl (C=O) groups excluding carboxylic acids is 1. The topological polar surface area (TPSA) is 39.4 Å². The highest BCUT2D eigenvalue weighted by atomic mass is 35.5. The van der Waals surface area contributed by atoms with Crippen LogP contribution in [0.25, 0.3) is 6.08 Å². The van der Waals surface area contributed by atoms with Crippen LogP contribution in [0.15, 0.2) is 46.9 Å². The molecule has 152 valence electrons. The Labute approximate surface area is 177 Å². The first-order valence-electron chi connectivity index (χ1n) is 10.7. The van der Waals surface area contributed by atoms with Gasteiger partial charge in [-0.15, -0.1) is 0 Å². The number of allylic oxidation sites excluding steroid dienone is 1. The Balaban J connectivity index is 1.15. The van der Waals surface area contributed by atoms with Gasteiger partial charge in [-0.3, -0.25) is 4.79 Å². The highest BCUT2D eigenvalue weighted by molar-refractivity contribution is 6.30. The molecule has 1 heterocycles. The van der Waals surface area contributed by atoms with E-state index < -0.39 is 0 Å². The SMILES string of the molecule is O=C(/C=C/c1ccc(COc2ccc(Cl)cc2)o1)CC12CC3CC(CC(C3)C1)C2. The highest BCUT2D eigenvalue weighted by Gasteiger charge is 2.51. The van der Waals surface area contributed by atoms with Gasteiger partial charge in [0, 0.05) is 11.4 Å². The standard InChI is InChI=1S/C25H27ClO3/c26-20-1-4-22(5-2-20)28-16-24-8-7-23(29-24)6-3-21(27)15-25-12-17-9-18(13-25)11-19(10-17)14-25/h1-8,17-19H,9-16H2/b6-3+. The Morgan fingerprint density at radius 3 is 2.34 bits per heavy atom. The molecular formula is C25H27ClO3. The van der Waals surface area contributed by atoms with E-state index in [0.29, 0.717) is 23.8 Å². The molecule has 1 aromatic heterocycles. The first kappa shape index (κ1) is 19.0. The van der Waals surface area contributed by atoms with Crippen LogP contribution < -0.4 is 4.74 Å². The monoisotopic (exact) mass is 410 g/mol. The van der Waals surface area contributed by atoms with E-state index in [2.05, 4.69) is 0 Å². The van der Waals surface area contributed by atoms with Gasteiger partial charge in [0.1, 0.15) is 23.9 Å². The van der Waals surface area contributed by atoms with Crippen molar-refractivity contribution in [2.24, 2.45) is 23.2 Å². The Morgan fingerprint density at radius 2 is 1.69 bits per heavy atom. The lowest BCUT2D eigenvalue weighted by atomic mass is 9.48. The van der Waals surface area contributed by atoms with Crippen molar-refractivity contribution in [3.63, 3.8) is 0 Å². The molecule has 4 fully saturated rings. The van der Waals surface area contributed by atoms with E-state index in [1.165, 1.54) is 38.5 Å². The normalized spacial score (nSPS) is 30.2. The fourth-order valence-electron chi connectivity index (χ4n) is 6.36. The quantitative estimate of drug-likeness (QED) is 0.476. The van der Waals surface area contributed by atoms with Gasteiger partial charge in [0.2, 0.25) is 0 Å². The number of ether oxygens (including phenoxy) is 1. The molecule has 4 heteroatoms. The maximum atomic E-state index is 12.7. The van der Waals surface area contributed by atoms with Crippen molar-refractivity contribution < 1.29 is 13.9 Å². The third-order valence-electron chi connectivity index (χ3n) is 7.02. The van der Waals surface area contributed by atoms with E-state index in [1.807, 2.05) is 24.3 Å². The van der Waals surface area contributed by atoms with E-state index in [1.54, 1.807) is 24.3 Å². The van der Waals surface area contributed by atoms with Gasteiger partial charge < -0.3 is 9.15 Å². The van der Waals surface area contributed by atoms with Gasteiger partial charge >= 0.3 is 0 Å². The minimum atomic E-state index is 0.238. The maximum Gasteiger partial charge on any atom is 0.156 e. The van der Waals surface area contributed by atoms with Gasteiger partial charge in [-0.25, -0.2) is 0 Å². The summed E-state index contributed by atoms with van der Waals surface area (Å²) < 4.78 is 11.5. The number of ketones is 1. The lowest BCUT2D eigenvalue weighted by Gasteiger charge is -2.56. The molecule has 4 saturated carbocycles. The van der Waals surface area contributed by atoms with Gasteiger partial charge in [-0.05, 0) is 110 Å². The average Bonchev–Trinajstić information content (AvgIpc) is 3.12. The third kappa shape index (κ3) is 4.30. The van der Waals surface area contributed by atoms with Crippen molar-refractivity contribution in [1.29, 1.82) is 0 Å². The molecule has 6 rings (SSSR count). The summed E-state index contributed by atoms with van der Waals surface area (Å²) >= 11 is 5.88. The van der Waals surface area contributed by atoms with Crippen LogP contribution in [-0.4, -0.2) is 5.78 Å². The average molecular weight is 411 g/mol. The van der Waals surface area contributed by atoms with E-state index in [0.717, 1.165) is 29.3 Å². The smallest absolute Gasteiger partial charge is 0.156 e. The van der Waals surface area contributed by atoms with Crippen molar-refractivity contribution in [2.75, 3.05) is 0 Å². The second-order valence-electron chi connectivity index (χ2n) is 9.44. The van der Waals surface area contributed by atoms with Crippen LogP contribution in [0.3, 0.4) is 0 Å². The summed E-state index contributed by atoms with van der Waals surface area (Å²) in [4.78, 5) is 12.7. The van der Waals surface area contributed by atoms with Crippen LogP contribution in [-0.2, 0) is 11.4 Å². The third-order valence-corrected chi connectivity index (χ3v) is 7.28. The molecule has 2 aromatic rings. The Bertz CT molecular complexity index is 873. The molecule has 0 N–H and O–H groups in total. The van der Waals surface area contributed by atoms with Gasteiger partial charge in [0.15, 0.2) is 5.78 Å². The van der Waals surface area contributed by atoms with Gasteiger partial charge in [0.05, 0.1) is 0 Å². The van der Waals surface area contributed by atoms with Gasteiger partial charge in [-0.1, -0.05) is 11.6 Å². The van der Waals surface area contributed by atoms with Crippen LogP contribution in [0.5, 0.6) is 5.75 Å². The van der Waals surface area contributed by atoms with Crippen molar-refractivity contribution in [2.45, 2.75) is 51.6 Å². The predicted molar refractivity (Wildman–Crippen MR) is 114 cm³/mol. The van der Waals surface area contributed by atoms with Crippen molar-refractivity contribution >= 4 is 23.5 Å². The molecule has 0 amide bonds. The second kappa shape index (κ2) is 7.68. The van der Waals surface area contributed by atoms with Crippen LogP contribution >= 0.6 is 11.6 Å². The first-order chi connectivity index (χ1) is 14.1. The first-order valence-corrected chi connectivity index (χ1v) is 11.1. The number of carbonyl (C=O) groups is 1. The lowest BCUT2D eigenvalue weighted by molar-refractivity contribution is -0.122. The molecule has 0 aliphatic heterocycles. The molecule has 4 aliphatic carbocycles. The molecule has 1 aromatic carbocycles. The number of hydrogen-bond donors (Lipinski definition) is 0. The van der Waals surface area contributed by atoms with E-state index in [-0.39, 0.29) is 11.2 Å². The van der Waals surface area contributed by atoms with Crippen molar-refractivity contribution in [1.82, 2.24) is 0 Å². The fourth-order valence-corrected chi connectivity index (χ4v) is 6.48. The van der Waals surface area contributed by atoms with E-state index in [4.69, 9.17) is 20.8 Å². The molecule has 0 atom stereocenters. The van der Waals surface area contributed by atoms with Crippen LogP contribution in [0, 0.1) is 23.2 Å². The highest BCUT2D eigenvalue weighted by Crippen LogP contribution is 2.61. The van der Waals surface area contributed by atoms with Gasteiger partial charge in [-0.2, -0.15) is 0 Å². The Kier molecular flexibility index (Phi) is 5.03. The summed E-state index contributed by atoms with van der Waals surface area (Å²) in [5.74, 6) is 5.05. The van der Waals surface area contributed by atoms with Gasteiger partial charge in [0.25, 0.3) is 0 Å². The zero-order valence-corrected chi connectivity index (χ0v) is 17.4. The summed E-state index contributed by atoms with van der Waals surface area (Å²) in [6.07, 6.45) is 12.3. The number of halogens is 1. The van der Waals surface area contributed by atoms with E-state index in [9.17, 15) is 4.79 Å². The summed E-state index contributed by atoms with van der Waals surface area (Å²) in [7, 11) is 0. The summed E-state index contributed by atoms with van der Waals surface area (Å²) in [6, 6.07) is 11.0. The summed E-state index contributed by atoms with van der Waals surface area (Å²) in [5.41, 5.74) is 0.289. The Hall–Kier alpha value is -2.00. The molecule has 4 aliphatic rings. The maximum absolute atomic E-state index is 12.7. The van der Waals surface area contributed by atoms with Crippen LogP contribution in [0.4, 0.5) is 0 Å². The molecule has 0 unspecified atom stereocenters. The predicted octanol–water partition coefficient (Wildman–Crippen LogP) is 6.70. The molecule has 0 spiro atoms. The zero-order valence-electron chi connectivity index (χ0n) is 16.6. The largest absolute Gasteiger partial charge is 0.486 e. The fraction of sp³-hybridized carbons (Fsp3) is 0.480. The lowest BCUT2D eigenvalue weighted by Crippen LogP contribution is -2.46. The number of rotatable bonds is 7. The number of hydrogen-bond acceptors (Lipinski definition) is 3. The number of furan rings is 1. The molecule has 3 nitrogen and oxygen atoms in total. The summed E-state index contributed by atoms with van der Waals surface area (Å²) in [6.45, 7) is 0.344. The zero-order chi connectivity index (χ0) is 19.8. The molecule has 0 radical (unpaired) electrons. The Morgan fingerprint density at radius 1 is 1.03 bits per heavy atom. The van der Waals surface area contributed by atoms with Crippen molar-refractivity contribution in [3.05, 3.63) is 59.0 Å². The molecule has 29 heavy (non-hydrogen) atoms. The van der Waals surface area contributed by atoms with Crippen LogP contribution in [0.2, 0.25) is 5.02 Å². The minimum Gasteiger partial charge on any atom is -0.486 e. The van der Waals surface area contributed by atoms with Crippen molar-refractivity contribution in [3.8, 4) is 5.75 Å². The minimum absolute atomic E-state index is 0.238. The molecule has 4 bridgehead atoms.